The Morgan fingerprint density at radius 3 is 2.49 bits per heavy atom. The van der Waals surface area contributed by atoms with Crippen LogP contribution in [0.5, 0.6) is 0 Å². The molecule has 1 aliphatic rings. The molecule has 0 spiro atoms. The van der Waals surface area contributed by atoms with Crippen LogP contribution in [0.2, 0.25) is 0 Å². The maximum absolute atomic E-state index is 14.4. The molecular formula is C30H28F2N4O2S. The van der Waals surface area contributed by atoms with Gasteiger partial charge in [0.2, 0.25) is 11.8 Å². The number of rotatable bonds is 7. The molecule has 1 aromatic heterocycles. The third-order valence-electron chi connectivity index (χ3n) is 6.68. The number of anilines is 1. The van der Waals surface area contributed by atoms with E-state index in [-0.39, 0.29) is 36.0 Å². The van der Waals surface area contributed by atoms with Gasteiger partial charge in [-0.3, -0.25) is 14.5 Å². The monoisotopic (exact) mass is 546 g/mol. The molecule has 0 fully saturated rings. The van der Waals surface area contributed by atoms with Crippen molar-refractivity contribution in [2.75, 3.05) is 17.2 Å². The highest BCUT2D eigenvalue weighted by Gasteiger charge is 2.37. The van der Waals surface area contributed by atoms with Crippen molar-refractivity contribution in [1.82, 2.24) is 15.1 Å². The van der Waals surface area contributed by atoms with Gasteiger partial charge < -0.3 is 5.32 Å². The first kappa shape index (κ1) is 26.6. The average molecular weight is 547 g/mol. The second kappa shape index (κ2) is 11.4. The second-order valence-electron chi connectivity index (χ2n) is 9.44. The number of nitrogens with one attached hydrogen (secondary N) is 1. The molecule has 0 saturated heterocycles. The van der Waals surface area contributed by atoms with E-state index in [1.165, 1.54) is 40.9 Å². The lowest BCUT2D eigenvalue weighted by Crippen LogP contribution is -2.44. The Balaban J connectivity index is 1.77. The third kappa shape index (κ3) is 5.59. The van der Waals surface area contributed by atoms with Crippen LogP contribution >= 0.6 is 11.8 Å². The molecule has 5 rings (SSSR count). The van der Waals surface area contributed by atoms with Gasteiger partial charge in [-0.05, 0) is 55.3 Å². The van der Waals surface area contributed by atoms with Crippen LogP contribution in [0.3, 0.4) is 0 Å². The second-order valence-corrected chi connectivity index (χ2v) is 10.5. The summed E-state index contributed by atoms with van der Waals surface area (Å²) in [7, 11) is 0. The highest BCUT2D eigenvalue weighted by atomic mass is 32.2. The van der Waals surface area contributed by atoms with Crippen molar-refractivity contribution in [2.24, 2.45) is 0 Å². The number of fused-ring (bicyclic) bond motifs is 1. The zero-order valence-electron chi connectivity index (χ0n) is 21.6. The molecule has 0 bridgehead atoms. The van der Waals surface area contributed by atoms with Crippen LogP contribution in [-0.2, 0) is 9.59 Å². The molecular weight excluding hydrogens is 518 g/mol. The van der Waals surface area contributed by atoms with Gasteiger partial charge in [0.1, 0.15) is 24.0 Å². The van der Waals surface area contributed by atoms with E-state index >= 15 is 0 Å². The summed E-state index contributed by atoms with van der Waals surface area (Å²) < 4.78 is 29.9. The highest BCUT2D eigenvalue weighted by molar-refractivity contribution is 8.00. The third-order valence-corrected chi connectivity index (χ3v) is 7.94. The first-order chi connectivity index (χ1) is 18.9. The van der Waals surface area contributed by atoms with Crippen LogP contribution < -0.4 is 10.2 Å². The van der Waals surface area contributed by atoms with Crippen LogP contribution in [0, 0.1) is 11.6 Å². The molecule has 2 amide bonds. The molecule has 2 heterocycles. The van der Waals surface area contributed by atoms with Crippen LogP contribution in [0.15, 0.2) is 78.9 Å². The zero-order chi connectivity index (χ0) is 27.5. The van der Waals surface area contributed by atoms with E-state index in [9.17, 15) is 18.4 Å². The quantitative estimate of drug-likeness (QED) is 0.313. The minimum absolute atomic E-state index is 0.0599. The van der Waals surface area contributed by atoms with Crippen molar-refractivity contribution in [3.05, 3.63) is 102 Å². The summed E-state index contributed by atoms with van der Waals surface area (Å²) in [6.07, 6.45) is 0.744. The van der Waals surface area contributed by atoms with E-state index in [0.717, 1.165) is 12.0 Å². The van der Waals surface area contributed by atoms with E-state index in [4.69, 9.17) is 5.10 Å². The van der Waals surface area contributed by atoms with E-state index in [1.807, 2.05) is 50.2 Å². The number of aromatic nitrogens is 2. The van der Waals surface area contributed by atoms with Crippen molar-refractivity contribution >= 4 is 29.4 Å². The van der Waals surface area contributed by atoms with Gasteiger partial charge in [-0.1, -0.05) is 49.4 Å². The number of amides is 2. The fourth-order valence-electron chi connectivity index (χ4n) is 4.59. The Bertz CT molecular complexity index is 1490. The molecule has 2 atom stereocenters. The summed E-state index contributed by atoms with van der Waals surface area (Å²) in [5.74, 6) is -0.890. The molecule has 0 saturated carbocycles. The molecule has 6 nitrogen and oxygen atoms in total. The smallest absolute Gasteiger partial charge is 0.240 e. The normalized spacial score (nSPS) is 15.9. The topological polar surface area (TPSA) is 67.2 Å². The number of carbonyl (C=O) groups excluding carboxylic acids is 2. The lowest BCUT2D eigenvalue weighted by atomic mass is 9.99. The maximum atomic E-state index is 14.4. The summed E-state index contributed by atoms with van der Waals surface area (Å²) in [6.45, 7) is 3.66. The number of thioether (sulfide) groups is 1. The lowest BCUT2D eigenvalue weighted by Gasteiger charge is -2.24. The fourth-order valence-corrected chi connectivity index (χ4v) is 5.78. The first-order valence-electron chi connectivity index (χ1n) is 12.8. The minimum Gasteiger partial charge on any atom is -0.352 e. The van der Waals surface area contributed by atoms with Crippen LogP contribution in [-0.4, -0.2) is 39.9 Å². The lowest BCUT2D eigenvalue weighted by molar-refractivity contribution is -0.123. The van der Waals surface area contributed by atoms with E-state index in [2.05, 4.69) is 5.32 Å². The summed E-state index contributed by atoms with van der Waals surface area (Å²) in [4.78, 5) is 28.2. The Morgan fingerprint density at radius 1 is 1.05 bits per heavy atom. The maximum Gasteiger partial charge on any atom is 0.240 e. The number of hydrogen-bond acceptors (Lipinski definition) is 4. The minimum atomic E-state index is -0.452. The number of benzene rings is 3. The number of halogens is 2. The summed E-state index contributed by atoms with van der Waals surface area (Å²) in [5, 5.41) is 7.42. The average Bonchev–Trinajstić information content (AvgIpc) is 3.26. The van der Waals surface area contributed by atoms with Gasteiger partial charge in [0.05, 0.1) is 22.4 Å². The van der Waals surface area contributed by atoms with Crippen LogP contribution in [0.4, 0.5) is 14.6 Å². The molecule has 2 unspecified atom stereocenters. The summed E-state index contributed by atoms with van der Waals surface area (Å²) in [6, 6.07) is 21.5. The molecule has 1 aliphatic heterocycles. The van der Waals surface area contributed by atoms with Crippen LogP contribution in [0.25, 0.3) is 16.9 Å². The Labute approximate surface area is 230 Å². The van der Waals surface area contributed by atoms with Crippen LogP contribution in [0.1, 0.15) is 36.6 Å². The molecule has 0 aliphatic carbocycles. The van der Waals surface area contributed by atoms with Gasteiger partial charge in [-0.15, -0.1) is 11.8 Å². The molecule has 0 radical (unpaired) electrons. The van der Waals surface area contributed by atoms with Crippen molar-refractivity contribution in [3.8, 4) is 16.9 Å². The van der Waals surface area contributed by atoms with Gasteiger partial charge in [-0.2, -0.15) is 5.10 Å². The van der Waals surface area contributed by atoms with E-state index in [1.54, 1.807) is 22.9 Å². The van der Waals surface area contributed by atoms with Crippen molar-refractivity contribution < 1.29 is 18.4 Å². The predicted octanol–water partition coefficient (Wildman–Crippen LogP) is 5.90. The number of carbonyl (C=O) groups is 2. The Hall–Kier alpha value is -3.98. The highest BCUT2D eigenvalue weighted by Crippen LogP contribution is 2.48. The molecule has 4 aromatic rings. The van der Waals surface area contributed by atoms with E-state index < -0.39 is 11.1 Å². The molecule has 200 valence electrons. The first-order valence-corrected chi connectivity index (χ1v) is 13.8. The largest absolute Gasteiger partial charge is 0.352 e. The standard InChI is InChI=1S/C30H28F2N4O2S/c1-3-19(2)33-25(37)17-35-26(38)18-39-29(21-10-7-11-23(32)16-21)27-28(20-8-5-4-6-9-20)34-36(30(27)35)24-14-12-22(31)13-15-24/h4-16,19,29H,3,17-18H2,1-2H3,(H,33,37). The van der Waals surface area contributed by atoms with Gasteiger partial charge in [-0.25, -0.2) is 13.5 Å². The predicted molar refractivity (Wildman–Crippen MR) is 150 cm³/mol. The van der Waals surface area contributed by atoms with Gasteiger partial charge in [0.15, 0.2) is 0 Å². The van der Waals surface area contributed by atoms with Gasteiger partial charge in [0, 0.05) is 17.2 Å². The van der Waals surface area contributed by atoms with Crippen molar-refractivity contribution in [1.29, 1.82) is 0 Å². The Kier molecular flexibility index (Phi) is 7.79. The number of hydrogen-bond donors (Lipinski definition) is 1. The number of nitrogens with zero attached hydrogens (tertiary/aromatic N) is 3. The molecule has 1 N–H and O–H groups in total. The zero-order valence-corrected chi connectivity index (χ0v) is 22.4. The van der Waals surface area contributed by atoms with E-state index in [0.29, 0.717) is 28.3 Å². The summed E-state index contributed by atoms with van der Waals surface area (Å²) >= 11 is 1.36. The molecule has 9 heteroatoms. The fraction of sp³-hybridized carbons (Fsp3) is 0.233. The molecule has 39 heavy (non-hydrogen) atoms. The van der Waals surface area contributed by atoms with Crippen molar-refractivity contribution in [3.63, 3.8) is 0 Å². The SMILES string of the molecule is CCC(C)NC(=O)CN1C(=O)CSC(c2cccc(F)c2)c2c(-c3ccccc3)nn(-c3ccc(F)cc3)c21. The summed E-state index contributed by atoms with van der Waals surface area (Å²) in [5.41, 5.74) is 3.28. The Morgan fingerprint density at radius 2 is 1.79 bits per heavy atom. The van der Waals surface area contributed by atoms with Gasteiger partial charge >= 0.3 is 0 Å². The molecule has 3 aromatic carbocycles. The van der Waals surface area contributed by atoms with Gasteiger partial charge in [0.25, 0.3) is 0 Å². The van der Waals surface area contributed by atoms with Crippen molar-refractivity contribution in [2.45, 2.75) is 31.6 Å².